The number of hydrogen-bond donors (Lipinski definition) is 1. The highest BCUT2D eigenvalue weighted by Gasteiger charge is 2.21. The molecule has 1 aromatic heterocycles. The number of ether oxygens (including phenoxy) is 1. The molecule has 0 saturated carbocycles. The maximum Gasteiger partial charge on any atom is 0.254 e. The number of aromatic nitrogens is 2. The first-order valence-corrected chi connectivity index (χ1v) is 9.72. The van der Waals surface area contributed by atoms with Gasteiger partial charge in [0.25, 0.3) is 5.91 Å². The smallest absolute Gasteiger partial charge is 0.254 e. The highest BCUT2D eigenvalue weighted by molar-refractivity contribution is 5.95. The van der Waals surface area contributed by atoms with Crippen molar-refractivity contribution in [1.82, 2.24) is 20.2 Å². The lowest BCUT2D eigenvalue weighted by Gasteiger charge is -2.30. The number of aryl methyl sites for hydroxylation is 1. The van der Waals surface area contributed by atoms with Gasteiger partial charge in [0.1, 0.15) is 0 Å². The average molecular weight is 361 g/mol. The number of amides is 1. The van der Waals surface area contributed by atoms with Crippen LogP contribution in [0, 0.1) is 12.8 Å². The number of carbonyl (C=O) groups excluding carboxylic acids is 1. The Labute approximate surface area is 156 Å². The summed E-state index contributed by atoms with van der Waals surface area (Å²) < 4.78 is 5.36. The molecule has 0 aromatic carbocycles. The van der Waals surface area contributed by atoms with E-state index in [0.29, 0.717) is 5.56 Å². The summed E-state index contributed by atoms with van der Waals surface area (Å²) >= 11 is 0. The fourth-order valence-corrected chi connectivity index (χ4v) is 3.56. The summed E-state index contributed by atoms with van der Waals surface area (Å²) in [5.41, 5.74) is 1.30. The maximum atomic E-state index is 12.6. The first-order valence-electron chi connectivity index (χ1n) is 9.72. The summed E-state index contributed by atoms with van der Waals surface area (Å²) in [6.45, 7) is 12.4. The van der Waals surface area contributed by atoms with E-state index < -0.39 is 0 Å². The second-order valence-electron chi connectivity index (χ2n) is 7.63. The van der Waals surface area contributed by atoms with Crippen LogP contribution in [0.15, 0.2) is 6.20 Å². The highest BCUT2D eigenvalue weighted by atomic mass is 16.5. The van der Waals surface area contributed by atoms with Gasteiger partial charge >= 0.3 is 0 Å². The van der Waals surface area contributed by atoms with Crippen LogP contribution in [0.4, 0.5) is 5.95 Å². The summed E-state index contributed by atoms with van der Waals surface area (Å²) in [4.78, 5) is 26.2. The van der Waals surface area contributed by atoms with E-state index in [1.165, 1.54) is 12.8 Å². The maximum absolute atomic E-state index is 12.6. The molecule has 2 aliphatic heterocycles. The Hall–Kier alpha value is -1.73. The number of carbonyl (C=O) groups is 1. The minimum Gasteiger partial charge on any atom is -0.379 e. The second kappa shape index (κ2) is 8.77. The predicted molar refractivity (Wildman–Crippen MR) is 102 cm³/mol. The number of anilines is 1. The van der Waals surface area contributed by atoms with Crippen molar-refractivity contribution in [3.05, 3.63) is 17.5 Å². The zero-order valence-electron chi connectivity index (χ0n) is 16.2. The third-order valence-electron chi connectivity index (χ3n) is 5.29. The fourth-order valence-electron chi connectivity index (χ4n) is 3.56. The Morgan fingerprint density at radius 1 is 1.31 bits per heavy atom. The molecule has 0 radical (unpaired) electrons. The zero-order valence-corrected chi connectivity index (χ0v) is 16.2. The van der Waals surface area contributed by atoms with Gasteiger partial charge in [-0.15, -0.1) is 0 Å². The van der Waals surface area contributed by atoms with Crippen LogP contribution in [0.5, 0.6) is 0 Å². The fraction of sp³-hybridized carbons (Fsp3) is 0.737. The molecule has 3 heterocycles. The number of morpholine rings is 1. The number of piperidine rings is 1. The molecule has 2 fully saturated rings. The Bertz CT molecular complexity index is 610. The van der Waals surface area contributed by atoms with Crippen molar-refractivity contribution >= 4 is 11.9 Å². The molecule has 7 heteroatoms. The molecule has 2 saturated heterocycles. The van der Waals surface area contributed by atoms with Crippen LogP contribution in [0.1, 0.15) is 42.7 Å². The molecule has 7 nitrogen and oxygen atoms in total. The van der Waals surface area contributed by atoms with Crippen LogP contribution in [-0.2, 0) is 4.74 Å². The summed E-state index contributed by atoms with van der Waals surface area (Å²) in [6, 6.07) is 0.0725. The van der Waals surface area contributed by atoms with Crippen molar-refractivity contribution in [3.8, 4) is 0 Å². The summed E-state index contributed by atoms with van der Waals surface area (Å²) in [5, 5.41) is 3.07. The van der Waals surface area contributed by atoms with E-state index in [2.05, 4.69) is 32.0 Å². The molecule has 1 aromatic rings. The molecule has 0 aliphatic carbocycles. The van der Waals surface area contributed by atoms with Crippen molar-refractivity contribution in [1.29, 1.82) is 0 Å². The van der Waals surface area contributed by atoms with Gasteiger partial charge in [-0.1, -0.05) is 6.92 Å². The minimum absolute atomic E-state index is 0.0725. The van der Waals surface area contributed by atoms with Gasteiger partial charge in [-0.3, -0.25) is 9.69 Å². The van der Waals surface area contributed by atoms with Crippen LogP contribution in [0.2, 0.25) is 0 Å². The van der Waals surface area contributed by atoms with Crippen LogP contribution >= 0.6 is 0 Å². The van der Waals surface area contributed by atoms with Crippen LogP contribution in [0.3, 0.4) is 0 Å². The lowest BCUT2D eigenvalue weighted by atomic mass is 10.00. The highest BCUT2D eigenvalue weighted by Crippen LogP contribution is 2.20. The third kappa shape index (κ3) is 4.92. The normalized spacial score (nSPS) is 20.8. The molecule has 26 heavy (non-hydrogen) atoms. The molecule has 1 amide bonds. The Kier molecular flexibility index (Phi) is 6.43. The molecule has 144 valence electrons. The van der Waals surface area contributed by atoms with Crippen molar-refractivity contribution in [2.24, 2.45) is 5.92 Å². The Balaban J connectivity index is 1.56. The second-order valence-corrected chi connectivity index (χ2v) is 7.63. The summed E-state index contributed by atoms with van der Waals surface area (Å²) in [7, 11) is 0. The van der Waals surface area contributed by atoms with E-state index in [4.69, 9.17) is 4.74 Å². The predicted octanol–water partition coefficient (Wildman–Crippen LogP) is 1.47. The van der Waals surface area contributed by atoms with Gasteiger partial charge in [0.2, 0.25) is 5.95 Å². The van der Waals surface area contributed by atoms with E-state index >= 15 is 0 Å². The first-order chi connectivity index (χ1) is 12.5. The quantitative estimate of drug-likeness (QED) is 0.856. The van der Waals surface area contributed by atoms with E-state index in [1.807, 2.05) is 13.8 Å². The average Bonchev–Trinajstić information content (AvgIpc) is 2.63. The van der Waals surface area contributed by atoms with Crippen LogP contribution in [0.25, 0.3) is 0 Å². The standard InChI is InChI=1S/C19H31N5O2/c1-14-4-6-24(7-5-14)19-20-12-17(16(3)22-19)18(25)21-15(2)13-23-8-10-26-11-9-23/h12,14-15H,4-11,13H2,1-3H3,(H,21,25). The number of hydrogen-bond acceptors (Lipinski definition) is 6. The van der Waals surface area contributed by atoms with Crippen LogP contribution < -0.4 is 10.2 Å². The first kappa shape index (κ1) is 19.0. The molecular weight excluding hydrogens is 330 g/mol. The molecule has 1 unspecified atom stereocenters. The Morgan fingerprint density at radius 3 is 2.65 bits per heavy atom. The van der Waals surface area contributed by atoms with E-state index in [-0.39, 0.29) is 11.9 Å². The summed E-state index contributed by atoms with van der Waals surface area (Å²) in [5.74, 6) is 1.42. The summed E-state index contributed by atoms with van der Waals surface area (Å²) in [6.07, 6.45) is 4.01. The van der Waals surface area contributed by atoms with Gasteiger partial charge in [-0.2, -0.15) is 0 Å². The van der Waals surface area contributed by atoms with Gasteiger partial charge in [-0.05, 0) is 32.6 Å². The van der Waals surface area contributed by atoms with Crippen molar-refractivity contribution in [2.75, 3.05) is 50.8 Å². The topological polar surface area (TPSA) is 70.6 Å². The molecule has 0 spiro atoms. The van der Waals surface area contributed by atoms with Crippen LogP contribution in [-0.4, -0.2) is 72.8 Å². The SMILES string of the molecule is Cc1nc(N2CCC(C)CC2)ncc1C(=O)NC(C)CN1CCOCC1. The molecule has 2 aliphatic rings. The molecule has 1 N–H and O–H groups in total. The minimum atomic E-state index is -0.0953. The molecule has 0 bridgehead atoms. The van der Waals surface area contributed by atoms with Crippen molar-refractivity contribution in [3.63, 3.8) is 0 Å². The van der Waals surface area contributed by atoms with Crippen molar-refractivity contribution in [2.45, 2.75) is 39.7 Å². The van der Waals surface area contributed by atoms with Crippen molar-refractivity contribution < 1.29 is 9.53 Å². The molecule has 1 atom stereocenters. The number of nitrogens with zero attached hydrogens (tertiary/aromatic N) is 4. The third-order valence-corrected chi connectivity index (χ3v) is 5.29. The van der Waals surface area contributed by atoms with Gasteiger partial charge in [0, 0.05) is 45.0 Å². The Morgan fingerprint density at radius 2 is 2.00 bits per heavy atom. The lowest BCUT2D eigenvalue weighted by molar-refractivity contribution is 0.0342. The van der Waals surface area contributed by atoms with E-state index in [9.17, 15) is 4.79 Å². The van der Waals surface area contributed by atoms with Gasteiger partial charge in [0.15, 0.2) is 0 Å². The zero-order chi connectivity index (χ0) is 18.5. The molecular formula is C19H31N5O2. The van der Waals surface area contributed by atoms with Gasteiger partial charge < -0.3 is 15.0 Å². The van der Waals surface area contributed by atoms with E-state index in [1.54, 1.807) is 6.20 Å². The monoisotopic (exact) mass is 361 g/mol. The largest absolute Gasteiger partial charge is 0.379 e. The van der Waals surface area contributed by atoms with E-state index in [0.717, 1.165) is 63.5 Å². The molecule has 3 rings (SSSR count). The van der Waals surface area contributed by atoms with Gasteiger partial charge in [0.05, 0.1) is 24.5 Å². The number of nitrogens with one attached hydrogen (secondary N) is 1. The number of rotatable bonds is 5. The lowest BCUT2D eigenvalue weighted by Crippen LogP contribution is -2.46. The van der Waals surface area contributed by atoms with Gasteiger partial charge in [-0.25, -0.2) is 9.97 Å².